The van der Waals surface area contributed by atoms with Crippen molar-refractivity contribution < 1.29 is 28.5 Å². The van der Waals surface area contributed by atoms with Gasteiger partial charge >= 0.3 is 6.09 Å². The summed E-state index contributed by atoms with van der Waals surface area (Å²) >= 11 is 0. The molecule has 0 spiro atoms. The number of hydrogen-bond donors (Lipinski definition) is 3. The summed E-state index contributed by atoms with van der Waals surface area (Å²) in [6.45, 7) is 2.94. The minimum atomic E-state index is -0.482. The fourth-order valence-corrected chi connectivity index (χ4v) is 3.24. The van der Waals surface area contributed by atoms with E-state index in [0.29, 0.717) is 51.7 Å². The van der Waals surface area contributed by atoms with E-state index < -0.39 is 6.09 Å². The first kappa shape index (κ1) is 26.9. The lowest BCUT2D eigenvalue weighted by molar-refractivity contribution is 0.00631. The quantitative estimate of drug-likeness (QED) is 0.272. The average molecular weight is 500 g/mol. The third kappa shape index (κ3) is 8.52. The fraction of sp³-hybridized carbons (Fsp3) is 0.400. The van der Waals surface area contributed by atoms with Crippen LogP contribution in [0.2, 0.25) is 0 Å². The Kier molecular flexibility index (Phi) is 11.0. The molecule has 2 aromatic carbocycles. The number of carbonyl (C=O) groups excluding carboxylic acids is 2. The van der Waals surface area contributed by atoms with Crippen LogP contribution in [-0.4, -0.2) is 81.4 Å². The molecular weight excluding hydrogens is 466 g/mol. The van der Waals surface area contributed by atoms with Crippen LogP contribution in [0, 0.1) is 0 Å². The largest absolute Gasteiger partial charge is 0.447 e. The Morgan fingerprint density at radius 1 is 0.861 bits per heavy atom. The molecule has 0 bridgehead atoms. The van der Waals surface area contributed by atoms with Crippen molar-refractivity contribution in [1.29, 1.82) is 0 Å². The van der Waals surface area contributed by atoms with Gasteiger partial charge in [-0.25, -0.2) is 9.78 Å². The molecule has 0 aliphatic rings. The highest BCUT2D eigenvalue weighted by Gasteiger charge is 2.09. The maximum atomic E-state index is 12.3. The SMILES string of the molecule is CNC(=O)OCCOCCOCCOCCNC(=O)c1ccc(Nc2nc3ccccc3n2C)cc1. The van der Waals surface area contributed by atoms with Crippen LogP contribution in [0.3, 0.4) is 0 Å². The maximum absolute atomic E-state index is 12.3. The monoisotopic (exact) mass is 499 g/mol. The number of fused-ring (bicyclic) bond motifs is 1. The fourth-order valence-electron chi connectivity index (χ4n) is 3.24. The second-order valence-corrected chi connectivity index (χ2v) is 7.66. The average Bonchev–Trinajstić information content (AvgIpc) is 3.21. The zero-order chi connectivity index (χ0) is 25.6. The molecule has 2 amide bonds. The molecule has 11 nitrogen and oxygen atoms in total. The normalized spacial score (nSPS) is 10.8. The van der Waals surface area contributed by atoms with Crippen molar-refractivity contribution in [2.45, 2.75) is 0 Å². The topological polar surface area (TPSA) is 125 Å². The van der Waals surface area contributed by atoms with E-state index in [1.54, 1.807) is 12.1 Å². The first-order chi connectivity index (χ1) is 17.6. The van der Waals surface area contributed by atoms with E-state index in [-0.39, 0.29) is 12.5 Å². The maximum Gasteiger partial charge on any atom is 0.406 e. The number of nitrogens with zero attached hydrogens (tertiary/aromatic N) is 2. The molecule has 0 atom stereocenters. The van der Waals surface area contributed by atoms with E-state index in [4.69, 9.17) is 18.9 Å². The van der Waals surface area contributed by atoms with Gasteiger partial charge in [0.05, 0.1) is 50.7 Å². The van der Waals surface area contributed by atoms with Gasteiger partial charge in [0.15, 0.2) is 0 Å². The lowest BCUT2D eigenvalue weighted by Gasteiger charge is -2.09. The molecule has 11 heteroatoms. The van der Waals surface area contributed by atoms with E-state index in [1.807, 2.05) is 48.0 Å². The molecule has 194 valence electrons. The Morgan fingerprint density at radius 3 is 2.17 bits per heavy atom. The summed E-state index contributed by atoms with van der Waals surface area (Å²) in [5, 5.41) is 8.47. The zero-order valence-corrected chi connectivity index (χ0v) is 20.6. The van der Waals surface area contributed by atoms with E-state index >= 15 is 0 Å². The Balaban J connectivity index is 1.23. The van der Waals surface area contributed by atoms with Crippen LogP contribution in [-0.2, 0) is 26.0 Å². The predicted octanol–water partition coefficient (Wildman–Crippen LogP) is 2.45. The standard InChI is InChI=1S/C25H33N5O6/c1-26-25(32)36-18-17-35-16-15-34-14-13-33-12-11-27-23(31)19-7-9-20(10-8-19)28-24-29-21-5-3-4-6-22(21)30(24)2/h3-10H,11-18H2,1-2H3,(H,26,32)(H,27,31)(H,28,29). The summed E-state index contributed by atoms with van der Waals surface area (Å²) in [6, 6.07) is 15.2. The Morgan fingerprint density at radius 2 is 1.50 bits per heavy atom. The molecule has 1 heterocycles. The number of aryl methyl sites for hydroxylation is 1. The number of carbonyl (C=O) groups is 2. The van der Waals surface area contributed by atoms with Gasteiger partial charge in [-0.3, -0.25) is 4.79 Å². The summed E-state index contributed by atoms with van der Waals surface area (Å²) in [7, 11) is 3.45. The molecule has 0 fully saturated rings. The molecule has 0 saturated heterocycles. The molecule has 36 heavy (non-hydrogen) atoms. The van der Waals surface area contributed by atoms with Crippen LogP contribution in [0.5, 0.6) is 0 Å². The smallest absolute Gasteiger partial charge is 0.406 e. The highest BCUT2D eigenvalue weighted by Crippen LogP contribution is 2.21. The number of amides is 2. The minimum Gasteiger partial charge on any atom is -0.447 e. The number of ether oxygens (including phenoxy) is 4. The summed E-state index contributed by atoms with van der Waals surface area (Å²) in [4.78, 5) is 27.8. The highest BCUT2D eigenvalue weighted by molar-refractivity contribution is 5.94. The third-order valence-corrected chi connectivity index (χ3v) is 5.13. The second-order valence-electron chi connectivity index (χ2n) is 7.66. The van der Waals surface area contributed by atoms with E-state index in [9.17, 15) is 9.59 Å². The van der Waals surface area contributed by atoms with Gasteiger partial charge in [-0.15, -0.1) is 0 Å². The number of imidazole rings is 1. The Hall–Kier alpha value is -3.67. The summed E-state index contributed by atoms with van der Waals surface area (Å²) in [6.07, 6.45) is -0.482. The number of rotatable bonds is 15. The Labute approximate surface area is 210 Å². The molecule has 3 N–H and O–H groups in total. The van der Waals surface area contributed by atoms with Gasteiger partial charge in [0.1, 0.15) is 6.61 Å². The van der Waals surface area contributed by atoms with Crippen LogP contribution >= 0.6 is 0 Å². The molecule has 3 aromatic rings. The van der Waals surface area contributed by atoms with Crippen LogP contribution < -0.4 is 16.0 Å². The Bertz CT molecular complexity index is 1100. The number of alkyl carbamates (subject to hydrolysis) is 1. The first-order valence-corrected chi connectivity index (χ1v) is 11.7. The molecule has 0 radical (unpaired) electrons. The van der Waals surface area contributed by atoms with Crippen molar-refractivity contribution in [1.82, 2.24) is 20.2 Å². The summed E-state index contributed by atoms with van der Waals surface area (Å²) in [5.74, 6) is 0.566. The highest BCUT2D eigenvalue weighted by atomic mass is 16.6. The van der Waals surface area contributed by atoms with Gasteiger partial charge in [0.25, 0.3) is 5.91 Å². The van der Waals surface area contributed by atoms with Gasteiger partial charge in [-0.1, -0.05) is 12.1 Å². The molecule has 3 rings (SSSR count). The summed E-state index contributed by atoms with van der Waals surface area (Å²) in [5.41, 5.74) is 3.37. The summed E-state index contributed by atoms with van der Waals surface area (Å²) < 4.78 is 22.9. The van der Waals surface area contributed by atoms with Crippen LogP contribution in [0.25, 0.3) is 11.0 Å². The number of aromatic nitrogens is 2. The molecule has 0 unspecified atom stereocenters. The molecule has 0 saturated carbocycles. The van der Waals surface area contributed by atoms with Crippen LogP contribution in [0.15, 0.2) is 48.5 Å². The number of anilines is 2. The number of para-hydroxylation sites is 2. The van der Waals surface area contributed by atoms with E-state index in [1.165, 1.54) is 7.05 Å². The lowest BCUT2D eigenvalue weighted by Crippen LogP contribution is -2.27. The molecule has 1 aromatic heterocycles. The predicted molar refractivity (Wildman–Crippen MR) is 136 cm³/mol. The van der Waals surface area contributed by atoms with Gasteiger partial charge in [-0.2, -0.15) is 0 Å². The third-order valence-electron chi connectivity index (χ3n) is 5.13. The van der Waals surface area contributed by atoms with Crippen molar-refractivity contribution in [3.8, 4) is 0 Å². The van der Waals surface area contributed by atoms with Crippen molar-refractivity contribution in [3.63, 3.8) is 0 Å². The van der Waals surface area contributed by atoms with E-state index in [0.717, 1.165) is 22.7 Å². The molecule has 0 aliphatic heterocycles. The lowest BCUT2D eigenvalue weighted by atomic mass is 10.2. The van der Waals surface area contributed by atoms with Crippen molar-refractivity contribution >= 4 is 34.7 Å². The number of nitrogens with one attached hydrogen (secondary N) is 3. The molecular formula is C25H33N5O6. The number of benzene rings is 2. The van der Waals surface area contributed by atoms with Crippen LogP contribution in [0.1, 0.15) is 10.4 Å². The van der Waals surface area contributed by atoms with Crippen molar-refractivity contribution in [2.24, 2.45) is 7.05 Å². The second kappa shape index (κ2) is 14.7. The van der Waals surface area contributed by atoms with Crippen molar-refractivity contribution in [3.05, 3.63) is 54.1 Å². The van der Waals surface area contributed by atoms with Crippen molar-refractivity contribution in [2.75, 3.05) is 65.2 Å². The number of hydrogen-bond acceptors (Lipinski definition) is 8. The van der Waals surface area contributed by atoms with Gasteiger partial charge in [0, 0.05) is 31.9 Å². The molecule has 0 aliphatic carbocycles. The van der Waals surface area contributed by atoms with Gasteiger partial charge in [-0.05, 0) is 36.4 Å². The van der Waals surface area contributed by atoms with Crippen LogP contribution in [0.4, 0.5) is 16.4 Å². The van der Waals surface area contributed by atoms with E-state index in [2.05, 4.69) is 20.9 Å². The first-order valence-electron chi connectivity index (χ1n) is 11.7. The van der Waals surface area contributed by atoms with Gasteiger partial charge < -0.3 is 39.5 Å². The zero-order valence-electron chi connectivity index (χ0n) is 20.6. The van der Waals surface area contributed by atoms with Gasteiger partial charge in [0.2, 0.25) is 5.95 Å². The minimum absolute atomic E-state index is 0.165.